The van der Waals surface area contributed by atoms with Crippen molar-refractivity contribution in [1.29, 1.82) is 0 Å². The smallest absolute Gasteiger partial charge is 0.244 e. The van der Waals surface area contributed by atoms with E-state index in [0.717, 1.165) is 13.1 Å². The van der Waals surface area contributed by atoms with Crippen molar-refractivity contribution < 1.29 is 17.5 Å². The number of aromatic nitrogens is 2. The Balaban J connectivity index is 0.000000280. The summed E-state index contributed by atoms with van der Waals surface area (Å²) < 4.78 is 31.8. The predicted molar refractivity (Wildman–Crippen MR) is 69.1 cm³/mol. The average Bonchev–Trinajstić information content (AvgIpc) is 2.65. The van der Waals surface area contributed by atoms with Gasteiger partial charge in [-0.3, -0.25) is 0 Å². The third-order valence-corrected chi connectivity index (χ3v) is 2.46. The predicted octanol–water partition coefficient (Wildman–Crippen LogP) is 1.13. The molecule has 0 saturated heterocycles. The van der Waals surface area contributed by atoms with Crippen molar-refractivity contribution in [3.8, 4) is 0 Å². The summed E-state index contributed by atoms with van der Waals surface area (Å²) in [7, 11) is -3.92. The lowest BCUT2D eigenvalue weighted by atomic mass is 10.3. The number of hydrogen-bond donors (Lipinski definition) is 0. The van der Waals surface area contributed by atoms with E-state index >= 15 is 0 Å². The molecule has 0 aliphatic heterocycles. The van der Waals surface area contributed by atoms with Crippen molar-refractivity contribution in [1.82, 2.24) is 4.57 Å². The second-order valence-electron chi connectivity index (χ2n) is 3.88. The van der Waals surface area contributed by atoms with Crippen LogP contribution in [0.15, 0.2) is 30.6 Å². The van der Waals surface area contributed by atoms with E-state index in [1.807, 2.05) is 0 Å². The van der Waals surface area contributed by atoms with Crippen LogP contribution < -0.4 is 4.57 Å². The van der Waals surface area contributed by atoms with Crippen LogP contribution in [0.4, 0.5) is 0 Å². The van der Waals surface area contributed by atoms with Crippen LogP contribution in [0.3, 0.4) is 0 Å². The first-order valence-electron chi connectivity index (χ1n) is 5.75. The number of imidazole rings is 1. The molecule has 18 heavy (non-hydrogen) atoms. The molecule has 100 valence electrons. The van der Waals surface area contributed by atoms with Gasteiger partial charge in [0, 0.05) is 6.26 Å². The fourth-order valence-corrected chi connectivity index (χ4v) is 1.75. The maximum Gasteiger partial charge on any atom is 0.244 e. The van der Waals surface area contributed by atoms with Crippen molar-refractivity contribution in [3.63, 3.8) is 0 Å². The molecule has 0 aliphatic carbocycles. The van der Waals surface area contributed by atoms with Gasteiger partial charge in [-0.05, 0) is 26.0 Å². The van der Waals surface area contributed by atoms with E-state index in [9.17, 15) is 0 Å². The third kappa shape index (κ3) is 4.12. The highest BCUT2D eigenvalue weighted by Gasteiger charge is 2.11. The highest BCUT2D eigenvalue weighted by molar-refractivity contribution is 7.84. The summed E-state index contributed by atoms with van der Waals surface area (Å²) >= 11 is 0. The summed E-state index contributed by atoms with van der Waals surface area (Å²) in [5.41, 5.74) is 2.65. The molecule has 2 rings (SSSR count). The molecule has 1 aromatic carbocycles. The number of aryl methyl sites for hydroxylation is 2. The molecule has 0 aliphatic rings. The molecule has 0 saturated carbocycles. The third-order valence-electron chi connectivity index (χ3n) is 2.46. The summed E-state index contributed by atoms with van der Waals surface area (Å²) in [6, 6.07) is 8.53. The summed E-state index contributed by atoms with van der Waals surface area (Å²) in [6.45, 7) is 6.42. The molecule has 5 nitrogen and oxygen atoms in total. The van der Waals surface area contributed by atoms with Crippen molar-refractivity contribution in [2.45, 2.75) is 26.9 Å². The molecule has 0 atom stereocenters. The van der Waals surface area contributed by atoms with Gasteiger partial charge in [0.1, 0.15) is 0 Å². The largest absolute Gasteiger partial charge is 0.748 e. The lowest BCUT2D eigenvalue weighted by Gasteiger charge is -1.90. The van der Waals surface area contributed by atoms with E-state index < -0.39 is 10.1 Å². The molecule has 6 heteroatoms. The zero-order valence-corrected chi connectivity index (χ0v) is 11.6. The number of hydrogen-bond acceptors (Lipinski definition) is 3. The van der Waals surface area contributed by atoms with Gasteiger partial charge in [0.05, 0.1) is 23.2 Å². The standard InChI is InChI=1S/C11H15N2.CH4O3S/c1-3-12-9-13(4-2)11-8-6-5-7-10(11)12;1-5(2,3)4/h5-9H,3-4H2,1-2H3;1H3,(H,2,3,4)/q+1;/p-1. The van der Waals surface area contributed by atoms with E-state index in [4.69, 9.17) is 13.0 Å². The highest BCUT2D eigenvalue weighted by Crippen LogP contribution is 2.09. The van der Waals surface area contributed by atoms with E-state index in [-0.39, 0.29) is 0 Å². The molecular weight excluding hydrogens is 252 g/mol. The Kier molecular flexibility index (Phi) is 4.86. The van der Waals surface area contributed by atoms with Crippen LogP contribution in [0, 0.1) is 0 Å². The Morgan fingerprint density at radius 1 is 1.28 bits per heavy atom. The minimum atomic E-state index is -3.92. The molecule has 0 bridgehead atoms. The van der Waals surface area contributed by atoms with Gasteiger partial charge in [0.25, 0.3) is 0 Å². The first-order valence-corrected chi connectivity index (χ1v) is 7.56. The number of para-hydroxylation sites is 2. The van der Waals surface area contributed by atoms with Crippen LogP contribution in [-0.4, -0.2) is 23.8 Å². The topological polar surface area (TPSA) is 66.0 Å². The van der Waals surface area contributed by atoms with Gasteiger partial charge >= 0.3 is 0 Å². The monoisotopic (exact) mass is 270 g/mol. The van der Waals surface area contributed by atoms with E-state index in [2.05, 4.69) is 53.6 Å². The quantitative estimate of drug-likeness (QED) is 0.607. The summed E-state index contributed by atoms with van der Waals surface area (Å²) in [4.78, 5) is 0. The second-order valence-corrected chi connectivity index (χ2v) is 5.29. The fourth-order valence-electron chi connectivity index (χ4n) is 1.75. The summed E-state index contributed by atoms with van der Waals surface area (Å²) in [6.07, 6.45) is 2.79. The molecule has 1 aromatic heterocycles. The van der Waals surface area contributed by atoms with Crippen LogP contribution in [-0.2, 0) is 23.2 Å². The molecule has 0 radical (unpaired) electrons. The van der Waals surface area contributed by atoms with Crippen LogP contribution in [0.5, 0.6) is 0 Å². The number of benzene rings is 1. The second kappa shape index (κ2) is 5.97. The Labute approximate surface area is 107 Å². The Hall–Kier alpha value is -1.40. The Morgan fingerprint density at radius 3 is 2.33 bits per heavy atom. The van der Waals surface area contributed by atoms with Gasteiger partial charge in [-0.1, -0.05) is 12.1 Å². The average molecular weight is 270 g/mol. The fraction of sp³-hybridized carbons (Fsp3) is 0.417. The molecular formula is C12H18N2O3S. The molecule has 0 fully saturated rings. The first kappa shape index (κ1) is 14.7. The van der Waals surface area contributed by atoms with Gasteiger partial charge < -0.3 is 4.55 Å². The van der Waals surface area contributed by atoms with Crippen LogP contribution in [0.1, 0.15) is 13.8 Å². The summed E-state index contributed by atoms with van der Waals surface area (Å²) in [5, 5.41) is 0. The SMILES string of the molecule is CCn1c[n+](CC)c2ccccc21.CS(=O)(=O)[O-]. The number of fused-ring (bicyclic) bond motifs is 1. The van der Waals surface area contributed by atoms with Gasteiger partial charge in [-0.15, -0.1) is 0 Å². The van der Waals surface area contributed by atoms with Gasteiger partial charge in [0.15, 0.2) is 11.0 Å². The number of rotatable bonds is 2. The van der Waals surface area contributed by atoms with Crippen LogP contribution in [0.2, 0.25) is 0 Å². The maximum atomic E-state index is 9.08. The van der Waals surface area contributed by atoms with E-state index in [1.165, 1.54) is 11.0 Å². The zero-order chi connectivity index (χ0) is 13.8. The molecule has 0 N–H and O–H groups in total. The summed E-state index contributed by atoms with van der Waals surface area (Å²) in [5.74, 6) is 0. The molecule has 0 amide bonds. The van der Waals surface area contributed by atoms with Crippen molar-refractivity contribution in [2.24, 2.45) is 0 Å². The Morgan fingerprint density at radius 2 is 1.83 bits per heavy atom. The van der Waals surface area contributed by atoms with E-state index in [1.54, 1.807) is 0 Å². The molecule has 0 unspecified atom stereocenters. The lowest BCUT2D eigenvalue weighted by molar-refractivity contribution is -0.668. The van der Waals surface area contributed by atoms with Crippen molar-refractivity contribution >= 4 is 21.2 Å². The number of nitrogens with zero attached hydrogens (tertiary/aromatic N) is 2. The van der Waals surface area contributed by atoms with E-state index in [0.29, 0.717) is 6.26 Å². The van der Waals surface area contributed by atoms with Gasteiger partial charge in [0.2, 0.25) is 6.33 Å². The van der Waals surface area contributed by atoms with Crippen LogP contribution in [0.25, 0.3) is 11.0 Å². The normalized spacial score (nSPS) is 11.1. The molecule has 2 aromatic rings. The van der Waals surface area contributed by atoms with Crippen LogP contribution >= 0.6 is 0 Å². The molecule has 0 spiro atoms. The zero-order valence-electron chi connectivity index (χ0n) is 10.8. The van der Waals surface area contributed by atoms with Gasteiger partial charge in [-0.25, -0.2) is 17.6 Å². The minimum absolute atomic E-state index is 0.604. The molecule has 1 heterocycles. The Bertz CT molecular complexity index is 571. The van der Waals surface area contributed by atoms with Gasteiger partial charge in [-0.2, -0.15) is 0 Å². The van der Waals surface area contributed by atoms with Crippen molar-refractivity contribution in [2.75, 3.05) is 6.26 Å². The maximum absolute atomic E-state index is 9.08. The van der Waals surface area contributed by atoms with Crippen molar-refractivity contribution in [3.05, 3.63) is 30.6 Å². The minimum Gasteiger partial charge on any atom is -0.748 e. The highest BCUT2D eigenvalue weighted by atomic mass is 32.2. The first-order chi connectivity index (χ1) is 8.36. The lowest BCUT2D eigenvalue weighted by Crippen LogP contribution is -2.30.